The van der Waals surface area contributed by atoms with Crippen molar-refractivity contribution < 1.29 is 4.74 Å². The highest BCUT2D eigenvalue weighted by Crippen LogP contribution is 2.32. The summed E-state index contributed by atoms with van der Waals surface area (Å²) in [6.07, 6.45) is 5.23. The van der Waals surface area contributed by atoms with Gasteiger partial charge in [-0.05, 0) is 25.3 Å². The molecule has 0 spiro atoms. The summed E-state index contributed by atoms with van der Waals surface area (Å²) in [7, 11) is 0. The van der Waals surface area contributed by atoms with E-state index in [1.165, 1.54) is 23.1 Å². The van der Waals surface area contributed by atoms with Crippen LogP contribution < -0.4 is 4.90 Å². The van der Waals surface area contributed by atoms with Crippen LogP contribution in [0.2, 0.25) is 0 Å². The van der Waals surface area contributed by atoms with Crippen LogP contribution in [0.15, 0.2) is 12.4 Å². The first-order chi connectivity index (χ1) is 11.3. The smallest absolute Gasteiger partial charge is 0.140 e. The summed E-state index contributed by atoms with van der Waals surface area (Å²) in [4.78, 5) is 16.6. The number of morpholine rings is 1. The standard InChI is InChI=1S/C17H24N4OS/c1-2-14-11-15-16(18-12-19-17(15)23-14)21-5-3-13(4-6-21)20-7-9-22-10-8-20/h11-13H,2-10H2,1H3. The number of piperidine rings is 1. The molecule has 5 nitrogen and oxygen atoms in total. The molecule has 4 rings (SSSR count). The van der Waals surface area contributed by atoms with Crippen molar-refractivity contribution in [2.45, 2.75) is 32.2 Å². The first-order valence-electron chi connectivity index (χ1n) is 8.65. The average molecular weight is 332 g/mol. The third-order valence-electron chi connectivity index (χ3n) is 5.03. The Morgan fingerprint density at radius 3 is 2.70 bits per heavy atom. The lowest BCUT2D eigenvalue weighted by atomic mass is 10.0. The van der Waals surface area contributed by atoms with Gasteiger partial charge in [0.15, 0.2) is 0 Å². The SMILES string of the molecule is CCc1cc2c(N3CCC(N4CCOCC4)CC3)ncnc2s1. The molecule has 0 radical (unpaired) electrons. The predicted molar refractivity (Wildman–Crippen MR) is 94.4 cm³/mol. The van der Waals surface area contributed by atoms with E-state index >= 15 is 0 Å². The van der Waals surface area contributed by atoms with Gasteiger partial charge in [0.2, 0.25) is 0 Å². The Morgan fingerprint density at radius 1 is 1.17 bits per heavy atom. The maximum Gasteiger partial charge on any atom is 0.140 e. The van der Waals surface area contributed by atoms with E-state index < -0.39 is 0 Å². The Labute approximate surface area is 141 Å². The molecule has 0 atom stereocenters. The lowest BCUT2D eigenvalue weighted by Gasteiger charge is -2.40. The molecule has 2 aromatic rings. The van der Waals surface area contributed by atoms with Crippen LogP contribution >= 0.6 is 11.3 Å². The second-order valence-electron chi connectivity index (χ2n) is 6.35. The fraction of sp³-hybridized carbons (Fsp3) is 0.647. The molecule has 0 aliphatic carbocycles. The summed E-state index contributed by atoms with van der Waals surface area (Å²) in [5.41, 5.74) is 0. The quantitative estimate of drug-likeness (QED) is 0.864. The first kappa shape index (κ1) is 15.3. The van der Waals surface area contributed by atoms with Gasteiger partial charge in [-0.15, -0.1) is 11.3 Å². The second kappa shape index (κ2) is 6.71. The molecule has 23 heavy (non-hydrogen) atoms. The van der Waals surface area contributed by atoms with E-state index in [1.807, 2.05) is 0 Å². The summed E-state index contributed by atoms with van der Waals surface area (Å²) in [5.74, 6) is 1.13. The molecule has 6 heteroatoms. The fourth-order valence-electron chi connectivity index (χ4n) is 3.70. The van der Waals surface area contributed by atoms with Crippen LogP contribution in [0.1, 0.15) is 24.6 Å². The third-order valence-corrected chi connectivity index (χ3v) is 6.22. The molecule has 2 aromatic heterocycles. The van der Waals surface area contributed by atoms with Gasteiger partial charge in [0.25, 0.3) is 0 Å². The number of fused-ring (bicyclic) bond motifs is 1. The zero-order valence-corrected chi connectivity index (χ0v) is 14.5. The Kier molecular flexibility index (Phi) is 4.46. The number of thiophene rings is 1. The monoisotopic (exact) mass is 332 g/mol. The zero-order chi connectivity index (χ0) is 15.6. The Bertz CT molecular complexity index is 660. The number of anilines is 1. The normalized spacial score (nSPS) is 21.2. The first-order valence-corrected chi connectivity index (χ1v) is 9.47. The van der Waals surface area contributed by atoms with Gasteiger partial charge in [-0.1, -0.05) is 6.92 Å². The van der Waals surface area contributed by atoms with Gasteiger partial charge in [0.1, 0.15) is 17.0 Å². The van der Waals surface area contributed by atoms with Gasteiger partial charge in [-0.25, -0.2) is 9.97 Å². The number of aryl methyl sites for hydroxylation is 1. The molecule has 0 unspecified atom stereocenters. The van der Waals surface area contributed by atoms with Gasteiger partial charge < -0.3 is 9.64 Å². The third kappa shape index (κ3) is 3.07. The summed E-state index contributed by atoms with van der Waals surface area (Å²) in [5, 5.41) is 1.24. The number of aromatic nitrogens is 2. The van der Waals surface area contributed by atoms with Crippen LogP contribution in [0.3, 0.4) is 0 Å². The predicted octanol–water partition coefficient (Wildman–Crippen LogP) is 2.55. The van der Waals surface area contributed by atoms with Crippen LogP contribution in [-0.2, 0) is 11.2 Å². The van der Waals surface area contributed by atoms with Crippen molar-refractivity contribution in [2.24, 2.45) is 0 Å². The van der Waals surface area contributed by atoms with Crippen LogP contribution in [0.4, 0.5) is 5.82 Å². The molecule has 2 fully saturated rings. The van der Waals surface area contributed by atoms with Gasteiger partial charge in [0, 0.05) is 37.1 Å². The van der Waals surface area contributed by atoms with Crippen LogP contribution in [0, 0.1) is 0 Å². The summed E-state index contributed by atoms with van der Waals surface area (Å²) < 4.78 is 5.47. The minimum atomic E-state index is 0.709. The van der Waals surface area contributed by atoms with Crippen LogP contribution in [0.5, 0.6) is 0 Å². The second-order valence-corrected chi connectivity index (χ2v) is 7.46. The van der Waals surface area contributed by atoms with Crippen LogP contribution in [-0.4, -0.2) is 60.3 Å². The topological polar surface area (TPSA) is 41.5 Å². The molecule has 0 aromatic carbocycles. The van der Waals surface area contributed by atoms with Crippen molar-refractivity contribution in [1.29, 1.82) is 0 Å². The van der Waals surface area contributed by atoms with E-state index in [2.05, 4.69) is 32.8 Å². The Hall–Kier alpha value is -1.24. The maximum atomic E-state index is 5.47. The van der Waals surface area contributed by atoms with E-state index in [0.29, 0.717) is 6.04 Å². The molecule has 0 bridgehead atoms. The van der Waals surface area contributed by atoms with Crippen LogP contribution in [0.25, 0.3) is 10.2 Å². The molecule has 2 aliphatic rings. The maximum absolute atomic E-state index is 5.47. The molecular weight excluding hydrogens is 308 g/mol. The van der Waals surface area contributed by atoms with E-state index in [0.717, 1.165) is 56.5 Å². The van der Waals surface area contributed by atoms with E-state index in [1.54, 1.807) is 17.7 Å². The van der Waals surface area contributed by atoms with Crippen molar-refractivity contribution in [3.8, 4) is 0 Å². The van der Waals surface area contributed by atoms with Crippen molar-refractivity contribution >= 4 is 27.4 Å². The molecule has 4 heterocycles. The van der Waals surface area contributed by atoms with Gasteiger partial charge in [0.05, 0.1) is 18.6 Å². The minimum Gasteiger partial charge on any atom is -0.379 e. The summed E-state index contributed by atoms with van der Waals surface area (Å²) >= 11 is 1.80. The Morgan fingerprint density at radius 2 is 1.96 bits per heavy atom. The molecule has 2 aliphatic heterocycles. The van der Waals surface area contributed by atoms with Gasteiger partial charge in [-0.2, -0.15) is 0 Å². The Balaban J connectivity index is 1.48. The minimum absolute atomic E-state index is 0.709. The summed E-state index contributed by atoms with van der Waals surface area (Å²) in [6, 6.07) is 2.99. The number of hydrogen-bond acceptors (Lipinski definition) is 6. The molecule has 0 saturated carbocycles. The highest BCUT2D eigenvalue weighted by molar-refractivity contribution is 7.18. The van der Waals surface area contributed by atoms with Crippen molar-refractivity contribution in [3.05, 3.63) is 17.3 Å². The van der Waals surface area contributed by atoms with Crippen molar-refractivity contribution in [2.75, 3.05) is 44.3 Å². The van der Waals surface area contributed by atoms with E-state index in [9.17, 15) is 0 Å². The van der Waals surface area contributed by atoms with Crippen molar-refractivity contribution in [1.82, 2.24) is 14.9 Å². The van der Waals surface area contributed by atoms with Gasteiger partial charge >= 0.3 is 0 Å². The lowest BCUT2D eigenvalue weighted by molar-refractivity contribution is 0.0115. The number of nitrogens with zero attached hydrogens (tertiary/aromatic N) is 4. The highest BCUT2D eigenvalue weighted by atomic mass is 32.1. The molecule has 0 N–H and O–H groups in total. The lowest BCUT2D eigenvalue weighted by Crippen LogP contribution is -2.49. The highest BCUT2D eigenvalue weighted by Gasteiger charge is 2.27. The van der Waals surface area contributed by atoms with E-state index in [-0.39, 0.29) is 0 Å². The number of ether oxygens (including phenoxy) is 1. The largest absolute Gasteiger partial charge is 0.379 e. The molecular formula is C17H24N4OS. The van der Waals surface area contributed by atoms with E-state index in [4.69, 9.17) is 4.74 Å². The fourth-order valence-corrected chi connectivity index (χ4v) is 4.63. The number of rotatable bonds is 3. The summed E-state index contributed by atoms with van der Waals surface area (Å²) in [6.45, 7) is 8.34. The van der Waals surface area contributed by atoms with Gasteiger partial charge in [-0.3, -0.25) is 4.90 Å². The van der Waals surface area contributed by atoms with Crippen molar-refractivity contribution in [3.63, 3.8) is 0 Å². The molecule has 124 valence electrons. The molecule has 2 saturated heterocycles. The molecule has 0 amide bonds. The average Bonchev–Trinajstić information content (AvgIpc) is 3.06. The zero-order valence-electron chi connectivity index (χ0n) is 13.7. The number of hydrogen-bond donors (Lipinski definition) is 0.